The number of hydrogen-bond acceptors (Lipinski definition) is 5. The van der Waals surface area contributed by atoms with Gasteiger partial charge in [0.05, 0.1) is 25.9 Å². The first-order valence-electron chi connectivity index (χ1n) is 9.81. The first-order valence-corrected chi connectivity index (χ1v) is 9.81. The van der Waals surface area contributed by atoms with E-state index in [9.17, 15) is 14.0 Å². The van der Waals surface area contributed by atoms with Crippen LogP contribution in [-0.2, 0) is 16.0 Å². The maximum absolute atomic E-state index is 14.0. The molecule has 1 aliphatic rings. The van der Waals surface area contributed by atoms with Crippen molar-refractivity contribution >= 4 is 17.6 Å². The van der Waals surface area contributed by atoms with Gasteiger partial charge in [0, 0.05) is 20.2 Å². The smallest absolute Gasteiger partial charge is 0.322 e. The topological polar surface area (TPSA) is 89.1 Å². The van der Waals surface area contributed by atoms with Crippen LogP contribution in [0.2, 0.25) is 0 Å². The summed E-state index contributed by atoms with van der Waals surface area (Å²) in [4.78, 5) is 26.6. The lowest BCUT2D eigenvalue weighted by atomic mass is 9.91. The number of nitrogens with zero attached hydrogens (tertiary/aromatic N) is 1. The zero-order valence-electron chi connectivity index (χ0n) is 17.7. The summed E-state index contributed by atoms with van der Waals surface area (Å²) in [5.41, 5.74) is 1.90. The van der Waals surface area contributed by atoms with Crippen LogP contribution in [0.1, 0.15) is 17.2 Å². The highest BCUT2D eigenvalue weighted by molar-refractivity contribution is 5.90. The summed E-state index contributed by atoms with van der Waals surface area (Å²) in [6.07, 6.45) is 0.572. The Morgan fingerprint density at radius 3 is 2.52 bits per heavy atom. The van der Waals surface area contributed by atoms with Crippen molar-refractivity contribution in [3.63, 3.8) is 0 Å². The molecule has 0 aliphatic carbocycles. The van der Waals surface area contributed by atoms with Gasteiger partial charge in [0.1, 0.15) is 12.4 Å². The van der Waals surface area contributed by atoms with Crippen molar-refractivity contribution in [1.29, 1.82) is 0 Å². The Kier molecular flexibility index (Phi) is 7.30. The summed E-state index contributed by atoms with van der Waals surface area (Å²) < 4.78 is 29.7. The Morgan fingerprint density at radius 2 is 1.84 bits per heavy atom. The number of amides is 3. The molecule has 0 saturated heterocycles. The van der Waals surface area contributed by atoms with Crippen molar-refractivity contribution in [1.82, 2.24) is 10.2 Å². The van der Waals surface area contributed by atoms with E-state index in [1.165, 1.54) is 26.4 Å². The molecule has 2 N–H and O–H groups in total. The molecule has 0 saturated carbocycles. The normalized spacial score (nSPS) is 15.1. The van der Waals surface area contributed by atoms with Gasteiger partial charge < -0.3 is 29.7 Å². The van der Waals surface area contributed by atoms with Crippen LogP contribution in [0, 0.1) is 5.82 Å². The fourth-order valence-corrected chi connectivity index (χ4v) is 3.63. The fraction of sp³-hybridized carbons (Fsp3) is 0.364. The Balaban J connectivity index is 1.91. The van der Waals surface area contributed by atoms with Gasteiger partial charge in [-0.25, -0.2) is 9.18 Å². The van der Waals surface area contributed by atoms with E-state index in [0.29, 0.717) is 24.5 Å². The number of para-hydroxylation sites is 1. The summed E-state index contributed by atoms with van der Waals surface area (Å²) in [5, 5.41) is 5.41. The van der Waals surface area contributed by atoms with Gasteiger partial charge in [0.2, 0.25) is 5.91 Å². The summed E-state index contributed by atoms with van der Waals surface area (Å²) in [6.45, 7) is 0.454. The Bertz CT molecular complexity index is 953. The zero-order valence-corrected chi connectivity index (χ0v) is 17.7. The van der Waals surface area contributed by atoms with Crippen LogP contribution in [0.15, 0.2) is 36.4 Å². The number of halogens is 1. The van der Waals surface area contributed by atoms with E-state index in [4.69, 9.17) is 14.2 Å². The molecule has 1 aliphatic heterocycles. The molecule has 2 aromatic rings. The van der Waals surface area contributed by atoms with E-state index in [1.54, 1.807) is 24.1 Å². The number of carbonyl (C=O) groups is 2. The van der Waals surface area contributed by atoms with Gasteiger partial charge in [-0.3, -0.25) is 4.79 Å². The minimum atomic E-state index is -0.524. The van der Waals surface area contributed by atoms with Gasteiger partial charge >= 0.3 is 6.03 Å². The van der Waals surface area contributed by atoms with Gasteiger partial charge in [-0.15, -0.1) is 0 Å². The molecule has 1 heterocycles. The first-order chi connectivity index (χ1) is 15.0. The van der Waals surface area contributed by atoms with Gasteiger partial charge in [0.15, 0.2) is 11.5 Å². The number of fused-ring (bicyclic) bond motifs is 1. The average Bonchev–Trinajstić information content (AvgIpc) is 2.77. The zero-order chi connectivity index (χ0) is 22.4. The number of anilines is 1. The SMILES string of the molecule is COCC(=O)NCC1c2cc(OC)c(OC)cc2CCN1C(=O)Nc1ccccc1F. The van der Waals surface area contributed by atoms with Crippen LogP contribution in [0.5, 0.6) is 11.5 Å². The van der Waals surface area contributed by atoms with Crippen molar-refractivity contribution in [2.75, 3.05) is 46.3 Å². The van der Waals surface area contributed by atoms with Gasteiger partial charge in [-0.1, -0.05) is 12.1 Å². The third kappa shape index (κ3) is 5.05. The lowest BCUT2D eigenvalue weighted by Crippen LogP contribution is -2.47. The molecule has 1 unspecified atom stereocenters. The van der Waals surface area contributed by atoms with Crippen LogP contribution in [0.3, 0.4) is 0 Å². The molecule has 8 nitrogen and oxygen atoms in total. The quantitative estimate of drug-likeness (QED) is 0.704. The second-order valence-corrected chi connectivity index (χ2v) is 7.01. The van der Waals surface area contributed by atoms with Crippen molar-refractivity contribution in [3.8, 4) is 11.5 Å². The number of carbonyl (C=O) groups excluding carboxylic acids is 2. The lowest BCUT2D eigenvalue weighted by molar-refractivity contribution is -0.124. The van der Waals surface area contributed by atoms with Gasteiger partial charge in [-0.2, -0.15) is 0 Å². The summed E-state index contributed by atoms with van der Waals surface area (Å²) in [5.74, 6) is 0.285. The van der Waals surface area contributed by atoms with Gasteiger partial charge in [-0.05, 0) is 41.8 Å². The summed E-state index contributed by atoms with van der Waals surface area (Å²) >= 11 is 0. The van der Waals surface area contributed by atoms with E-state index < -0.39 is 17.9 Å². The Morgan fingerprint density at radius 1 is 1.13 bits per heavy atom. The number of urea groups is 1. The molecule has 0 fully saturated rings. The molecule has 166 valence electrons. The summed E-state index contributed by atoms with van der Waals surface area (Å²) in [7, 11) is 4.52. The molecule has 0 aromatic heterocycles. The van der Waals surface area contributed by atoms with Crippen LogP contribution in [0.4, 0.5) is 14.9 Å². The lowest BCUT2D eigenvalue weighted by Gasteiger charge is -2.37. The third-order valence-electron chi connectivity index (χ3n) is 5.15. The van der Waals surface area contributed by atoms with Crippen LogP contribution < -0.4 is 20.1 Å². The highest BCUT2D eigenvalue weighted by atomic mass is 19.1. The van der Waals surface area contributed by atoms with Crippen LogP contribution in [-0.4, -0.2) is 57.9 Å². The van der Waals surface area contributed by atoms with E-state index >= 15 is 0 Å². The predicted molar refractivity (Wildman–Crippen MR) is 113 cm³/mol. The molecule has 3 amide bonds. The Labute approximate surface area is 180 Å². The second-order valence-electron chi connectivity index (χ2n) is 7.01. The van der Waals surface area contributed by atoms with E-state index in [0.717, 1.165) is 11.1 Å². The molecule has 2 aromatic carbocycles. The van der Waals surface area contributed by atoms with E-state index in [2.05, 4.69) is 10.6 Å². The van der Waals surface area contributed by atoms with Crippen molar-refractivity contribution in [2.45, 2.75) is 12.5 Å². The molecule has 0 spiro atoms. The number of hydrogen-bond donors (Lipinski definition) is 2. The Hall–Kier alpha value is -3.33. The number of ether oxygens (including phenoxy) is 3. The minimum absolute atomic E-state index is 0.0903. The molecule has 1 atom stereocenters. The fourth-order valence-electron chi connectivity index (χ4n) is 3.63. The highest BCUT2D eigenvalue weighted by Crippen LogP contribution is 2.38. The molecule has 0 bridgehead atoms. The van der Waals surface area contributed by atoms with Crippen LogP contribution >= 0.6 is 0 Å². The second kappa shape index (κ2) is 10.1. The monoisotopic (exact) mass is 431 g/mol. The van der Waals surface area contributed by atoms with Crippen molar-refractivity contribution in [3.05, 3.63) is 53.3 Å². The largest absolute Gasteiger partial charge is 0.493 e. The minimum Gasteiger partial charge on any atom is -0.493 e. The maximum Gasteiger partial charge on any atom is 0.322 e. The standard InChI is InChI=1S/C22H26FN3O5/c1-29-13-21(27)24-12-18-15-11-20(31-3)19(30-2)10-14(15)8-9-26(18)22(28)25-17-7-5-4-6-16(17)23/h4-7,10-11,18H,8-9,12-13H2,1-3H3,(H,24,27)(H,25,28). The van der Waals surface area contributed by atoms with Crippen LogP contribution in [0.25, 0.3) is 0 Å². The third-order valence-corrected chi connectivity index (χ3v) is 5.15. The predicted octanol–water partition coefficient (Wildman–Crippen LogP) is 2.74. The summed E-state index contributed by atoms with van der Waals surface area (Å²) in [6, 6.07) is 8.70. The van der Waals surface area contributed by atoms with E-state index in [-0.39, 0.29) is 24.7 Å². The van der Waals surface area contributed by atoms with Crippen molar-refractivity contribution in [2.24, 2.45) is 0 Å². The number of benzene rings is 2. The van der Waals surface area contributed by atoms with E-state index in [1.807, 2.05) is 12.1 Å². The maximum atomic E-state index is 14.0. The molecular weight excluding hydrogens is 405 g/mol. The number of methoxy groups -OCH3 is 3. The molecule has 31 heavy (non-hydrogen) atoms. The molecule has 0 radical (unpaired) electrons. The molecule has 3 rings (SSSR count). The molecule has 9 heteroatoms. The highest BCUT2D eigenvalue weighted by Gasteiger charge is 2.33. The number of nitrogens with one attached hydrogen (secondary N) is 2. The molecular formula is C22H26FN3O5. The average molecular weight is 431 g/mol. The first kappa shape index (κ1) is 22.4. The number of rotatable bonds is 7. The van der Waals surface area contributed by atoms with Gasteiger partial charge in [0.25, 0.3) is 0 Å². The van der Waals surface area contributed by atoms with Crippen molar-refractivity contribution < 1.29 is 28.2 Å².